The van der Waals surface area contributed by atoms with Crippen molar-refractivity contribution in [1.29, 1.82) is 0 Å². The van der Waals surface area contributed by atoms with Crippen LogP contribution in [0.4, 0.5) is 11.4 Å². The van der Waals surface area contributed by atoms with Crippen molar-refractivity contribution in [3.05, 3.63) is 72.3 Å². The highest BCUT2D eigenvalue weighted by atomic mass is 16.5. The third-order valence-electron chi connectivity index (χ3n) is 5.25. The first kappa shape index (κ1) is 24.4. The molecule has 3 aromatic carbocycles. The smallest absolute Gasteiger partial charge is 0.237 e. The molecule has 0 aliphatic carbocycles. The normalized spacial score (nSPS) is 10.4. The molecule has 0 bridgehead atoms. The van der Waals surface area contributed by atoms with Gasteiger partial charge in [0.2, 0.25) is 11.8 Å². The van der Waals surface area contributed by atoms with Gasteiger partial charge in [0.25, 0.3) is 0 Å². The molecule has 3 rings (SSSR count). The summed E-state index contributed by atoms with van der Waals surface area (Å²) in [7, 11) is 6.07. The van der Waals surface area contributed by atoms with Gasteiger partial charge in [0, 0.05) is 12.1 Å². The molecule has 34 heavy (non-hydrogen) atoms. The fourth-order valence-electron chi connectivity index (χ4n) is 3.40. The van der Waals surface area contributed by atoms with Crippen LogP contribution in [0.5, 0.6) is 23.0 Å². The molecule has 0 saturated carbocycles. The van der Waals surface area contributed by atoms with Gasteiger partial charge in [0.05, 0.1) is 39.8 Å². The summed E-state index contributed by atoms with van der Waals surface area (Å²) in [6.45, 7) is 0. The number of hydrogen-bond acceptors (Lipinski definition) is 6. The summed E-state index contributed by atoms with van der Waals surface area (Å²) < 4.78 is 21.2. The number of methoxy groups -OCH3 is 4. The summed E-state index contributed by atoms with van der Waals surface area (Å²) in [6.07, 6.45) is 0.204. The summed E-state index contributed by atoms with van der Waals surface area (Å²) in [5.41, 5.74) is 1.71. The largest absolute Gasteiger partial charge is 0.497 e. The quantitative estimate of drug-likeness (QED) is 0.438. The highest BCUT2D eigenvalue weighted by Crippen LogP contribution is 2.31. The Morgan fingerprint density at radius 1 is 0.676 bits per heavy atom. The predicted molar refractivity (Wildman–Crippen MR) is 130 cm³/mol. The van der Waals surface area contributed by atoms with Gasteiger partial charge in [-0.3, -0.25) is 9.59 Å². The Balaban J connectivity index is 1.88. The predicted octanol–water partition coefficient (Wildman–Crippen LogP) is 4.16. The van der Waals surface area contributed by atoms with Gasteiger partial charge < -0.3 is 29.6 Å². The maximum Gasteiger partial charge on any atom is 0.237 e. The molecule has 0 aliphatic rings. The number of benzene rings is 3. The highest BCUT2D eigenvalue weighted by molar-refractivity contribution is 6.11. The van der Waals surface area contributed by atoms with E-state index >= 15 is 0 Å². The fourth-order valence-corrected chi connectivity index (χ4v) is 3.40. The van der Waals surface area contributed by atoms with Gasteiger partial charge in [-0.05, 0) is 36.2 Å². The van der Waals surface area contributed by atoms with Gasteiger partial charge in [0.15, 0.2) is 0 Å². The Bertz CT molecular complexity index is 1060. The van der Waals surface area contributed by atoms with E-state index in [1.807, 2.05) is 30.3 Å². The second-order valence-electron chi connectivity index (χ2n) is 7.35. The van der Waals surface area contributed by atoms with Crippen LogP contribution in [0.25, 0.3) is 0 Å². The topological polar surface area (TPSA) is 95.1 Å². The monoisotopic (exact) mass is 464 g/mol. The lowest BCUT2D eigenvalue weighted by Gasteiger charge is -2.19. The van der Waals surface area contributed by atoms with Crippen molar-refractivity contribution in [1.82, 2.24) is 0 Å². The first-order valence-electron chi connectivity index (χ1n) is 10.6. The van der Waals surface area contributed by atoms with Crippen LogP contribution in [-0.4, -0.2) is 40.3 Å². The summed E-state index contributed by atoms with van der Waals surface area (Å²) in [5.74, 6) is 0.0301. The zero-order chi connectivity index (χ0) is 24.5. The fraction of sp³-hybridized carbons (Fsp3) is 0.231. The van der Waals surface area contributed by atoms with Crippen molar-refractivity contribution in [3.8, 4) is 23.0 Å². The van der Waals surface area contributed by atoms with Crippen molar-refractivity contribution in [2.24, 2.45) is 5.92 Å². The number of carbonyl (C=O) groups is 2. The van der Waals surface area contributed by atoms with Gasteiger partial charge >= 0.3 is 0 Å². The third kappa shape index (κ3) is 5.98. The molecule has 0 atom stereocenters. The lowest BCUT2D eigenvalue weighted by Crippen LogP contribution is -2.35. The van der Waals surface area contributed by atoms with Gasteiger partial charge in [-0.1, -0.05) is 30.3 Å². The Morgan fingerprint density at radius 3 is 1.56 bits per heavy atom. The zero-order valence-corrected chi connectivity index (χ0v) is 19.6. The minimum atomic E-state index is -1.03. The molecule has 3 aromatic rings. The maximum atomic E-state index is 13.3. The van der Waals surface area contributed by atoms with Crippen LogP contribution in [0.3, 0.4) is 0 Å². The molecule has 0 spiro atoms. The Kier molecular flexibility index (Phi) is 8.34. The third-order valence-corrected chi connectivity index (χ3v) is 5.25. The second-order valence-corrected chi connectivity index (χ2v) is 7.35. The Labute approximate surface area is 198 Å². The molecule has 0 unspecified atom stereocenters. The van der Waals surface area contributed by atoms with E-state index in [1.165, 1.54) is 14.2 Å². The average Bonchev–Trinajstić information content (AvgIpc) is 2.88. The maximum absolute atomic E-state index is 13.3. The summed E-state index contributed by atoms with van der Waals surface area (Å²) in [5, 5.41) is 5.63. The lowest BCUT2D eigenvalue weighted by molar-refractivity contribution is -0.129. The highest BCUT2D eigenvalue weighted by Gasteiger charge is 2.29. The van der Waals surface area contributed by atoms with Crippen LogP contribution in [0.15, 0.2) is 66.7 Å². The molecule has 0 saturated heterocycles. The molecular weight excluding hydrogens is 436 g/mol. The van der Waals surface area contributed by atoms with Gasteiger partial charge in [0.1, 0.15) is 28.9 Å². The Hall–Kier alpha value is -4.20. The average molecular weight is 465 g/mol. The van der Waals surface area contributed by atoms with Crippen molar-refractivity contribution in [3.63, 3.8) is 0 Å². The van der Waals surface area contributed by atoms with E-state index in [-0.39, 0.29) is 6.42 Å². The molecule has 8 heteroatoms. The van der Waals surface area contributed by atoms with Crippen LogP contribution in [0.1, 0.15) is 5.56 Å². The molecule has 0 aromatic heterocycles. The van der Waals surface area contributed by atoms with E-state index in [2.05, 4.69) is 10.6 Å². The van der Waals surface area contributed by atoms with Crippen LogP contribution < -0.4 is 29.6 Å². The first-order valence-corrected chi connectivity index (χ1v) is 10.6. The van der Waals surface area contributed by atoms with E-state index in [0.29, 0.717) is 34.4 Å². The molecule has 2 N–H and O–H groups in total. The standard InChI is InChI=1S/C26H28N2O6/c1-31-18-10-12-21(23(15-18)33-3)27-25(29)20(14-17-8-6-5-7-9-17)26(30)28-22-13-11-19(32-2)16-24(22)34-4/h5-13,15-16,20H,14H2,1-4H3,(H,27,29)(H,28,30). The van der Waals surface area contributed by atoms with Crippen LogP contribution in [0, 0.1) is 5.92 Å². The number of nitrogens with one attached hydrogen (secondary N) is 2. The molecule has 0 heterocycles. The molecule has 0 radical (unpaired) electrons. The number of hydrogen-bond donors (Lipinski definition) is 2. The van der Waals surface area contributed by atoms with E-state index in [1.54, 1.807) is 50.6 Å². The van der Waals surface area contributed by atoms with E-state index in [9.17, 15) is 9.59 Å². The van der Waals surface area contributed by atoms with Crippen molar-refractivity contribution in [2.75, 3.05) is 39.1 Å². The van der Waals surface area contributed by atoms with Gasteiger partial charge in [-0.2, -0.15) is 0 Å². The molecule has 0 fully saturated rings. The number of carbonyl (C=O) groups excluding carboxylic acids is 2. The second kappa shape index (κ2) is 11.6. The number of amides is 2. The van der Waals surface area contributed by atoms with Crippen LogP contribution in [-0.2, 0) is 16.0 Å². The number of ether oxygens (including phenoxy) is 4. The molecular formula is C26H28N2O6. The minimum Gasteiger partial charge on any atom is -0.497 e. The zero-order valence-electron chi connectivity index (χ0n) is 19.6. The molecule has 8 nitrogen and oxygen atoms in total. The SMILES string of the molecule is COc1ccc(NC(=O)C(Cc2ccccc2)C(=O)Nc2ccc(OC)cc2OC)c(OC)c1. The number of anilines is 2. The number of rotatable bonds is 10. The van der Waals surface area contributed by atoms with E-state index in [0.717, 1.165) is 5.56 Å². The summed E-state index contributed by atoms with van der Waals surface area (Å²) in [6, 6.07) is 19.4. The lowest BCUT2D eigenvalue weighted by atomic mass is 9.97. The molecule has 2 amide bonds. The van der Waals surface area contributed by atoms with Gasteiger partial charge in [-0.15, -0.1) is 0 Å². The van der Waals surface area contributed by atoms with Crippen molar-refractivity contribution in [2.45, 2.75) is 6.42 Å². The van der Waals surface area contributed by atoms with E-state index < -0.39 is 17.7 Å². The van der Waals surface area contributed by atoms with Crippen LogP contribution in [0.2, 0.25) is 0 Å². The van der Waals surface area contributed by atoms with E-state index in [4.69, 9.17) is 18.9 Å². The van der Waals surface area contributed by atoms with Gasteiger partial charge in [-0.25, -0.2) is 0 Å². The summed E-state index contributed by atoms with van der Waals surface area (Å²) in [4.78, 5) is 26.6. The first-order chi connectivity index (χ1) is 16.5. The van der Waals surface area contributed by atoms with Crippen molar-refractivity contribution < 1.29 is 28.5 Å². The Morgan fingerprint density at radius 2 is 1.15 bits per heavy atom. The molecule has 0 aliphatic heterocycles. The van der Waals surface area contributed by atoms with Crippen molar-refractivity contribution >= 4 is 23.2 Å². The summed E-state index contributed by atoms with van der Waals surface area (Å²) >= 11 is 0. The molecule has 178 valence electrons. The minimum absolute atomic E-state index is 0.204. The van der Waals surface area contributed by atoms with Crippen LogP contribution >= 0.6 is 0 Å².